The molecule has 2 amide bonds. The van der Waals surface area contributed by atoms with Gasteiger partial charge in [0.15, 0.2) is 5.49 Å². The first-order valence-corrected chi connectivity index (χ1v) is 21.7. The molecule has 0 fully saturated rings. The standard InChI is InChI=1S/C41H42N8O10S2/c1-58-40(51)36(27-44-39(50)32-14-19-37-33(25-32)26-45-48(37)24-22-42-38-9-5-6-23-49(38)53)47-61(56,57)35-17-12-31(13-18-35)30-10-15-34(16-11-30)60(54,55)46-21-20-43-41(52)59-28-29-7-3-2-4-8-29/h2-19,23,25-26,36,46-47,53H,20-22,24,27-28H2,1H3,(H,43,52)(H,44,50)/t36-/m0/s1. The third-order valence-electron chi connectivity index (χ3n) is 9.12. The fraction of sp³-hybridized carbons (Fsp3) is 0.195. The smallest absolute Gasteiger partial charge is 0.407 e. The van der Waals surface area contributed by atoms with Crippen molar-refractivity contribution in [2.75, 3.05) is 33.3 Å². The summed E-state index contributed by atoms with van der Waals surface area (Å²) in [5.74, 6) is -1.49. The zero-order chi connectivity index (χ0) is 43.4. The van der Waals surface area contributed by atoms with Crippen molar-refractivity contribution in [3.8, 4) is 11.1 Å². The Kier molecular flexibility index (Phi) is 14.3. The summed E-state index contributed by atoms with van der Waals surface area (Å²) < 4.78 is 69.7. The van der Waals surface area contributed by atoms with Gasteiger partial charge in [-0.15, -0.1) is 0 Å². The molecule has 0 aliphatic heterocycles. The first-order valence-electron chi connectivity index (χ1n) is 18.7. The number of nitrogens with zero attached hydrogens (tertiary/aromatic N) is 4. The molecule has 6 aromatic rings. The average Bonchev–Trinajstić information content (AvgIpc) is 3.68. The van der Waals surface area contributed by atoms with Crippen LogP contribution in [-0.4, -0.2) is 93.9 Å². The Bertz CT molecular complexity index is 2780. The van der Waals surface area contributed by atoms with Gasteiger partial charge in [0.1, 0.15) is 12.6 Å². The summed E-state index contributed by atoms with van der Waals surface area (Å²) >= 11 is 0. The van der Waals surface area contributed by atoms with E-state index < -0.39 is 50.6 Å². The molecule has 61 heavy (non-hydrogen) atoms. The average molecular weight is 871 g/mol. The van der Waals surface area contributed by atoms with Gasteiger partial charge >= 0.3 is 12.1 Å². The molecule has 20 heteroatoms. The van der Waals surface area contributed by atoms with Crippen LogP contribution in [0.2, 0.25) is 0 Å². The number of esters is 1. The Balaban J connectivity index is 1.00. The molecule has 5 N–H and O–H groups in total. The van der Waals surface area contributed by atoms with Crippen LogP contribution in [0.3, 0.4) is 0 Å². The number of carbonyl (C=O) groups is 3. The van der Waals surface area contributed by atoms with Gasteiger partial charge < -0.3 is 25.3 Å². The molecule has 2 aromatic heterocycles. The Morgan fingerprint density at radius 1 is 0.803 bits per heavy atom. The third-order valence-corrected chi connectivity index (χ3v) is 12.1. The van der Waals surface area contributed by atoms with Crippen LogP contribution >= 0.6 is 0 Å². The van der Waals surface area contributed by atoms with Gasteiger partial charge in [0.25, 0.3) is 5.91 Å². The number of ether oxygens (including phenoxy) is 2. The highest BCUT2D eigenvalue weighted by atomic mass is 32.2. The van der Waals surface area contributed by atoms with Crippen LogP contribution in [0, 0.1) is 0 Å². The normalized spacial score (nSPS) is 12.4. The van der Waals surface area contributed by atoms with Crippen molar-refractivity contribution in [3.05, 3.63) is 144 Å². The van der Waals surface area contributed by atoms with E-state index in [1.807, 2.05) is 30.3 Å². The van der Waals surface area contributed by atoms with Gasteiger partial charge in [-0.1, -0.05) is 60.7 Å². The molecule has 6 rings (SSSR count). The van der Waals surface area contributed by atoms with E-state index in [2.05, 4.69) is 30.2 Å². The number of sulfonamides is 2. The van der Waals surface area contributed by atoms with Crippen LogP contribution in [0.1, 0.15) is 15.9 Å². The lowest BCUT2D eigenvalue weighted by Crippen LogP contribution is -2.48. The summed E-state index contributed by atoms with van der Waals surface area (Å²) in [6, 6.07) is 29.2. The van der Waals surface area contributed by atoms with Crippen molar-refractivity contribution >= 4 is 48.9 Å². The summed E-state index contributed by atoms with van der Waals surface area (Å²) in [7, 11) is -7.11. The van der Waals surface area contributed by atoms with E-state index in [0.717, 1.165) is 22.9 Å². The van der Waals surface area contributed by atoms with E-state index in [9.17, 15) is 36.4 Å². The largest absolute Gasteiger partial charge is 0.468 e. The molecular formula is C41H42N8O10S2. The number of aromatic nitrogens is 3. The van der Waals surface area contributed by atoms with E-state index >= 15 is 0 Å². The van der Waals surface area contributed by atoms with Crippen molar-refractivity contribution in [1.29, 1.82) is 0 Å². The second-order valence-electron chi connectivity index (χ2n) is 13.3. The van der Waals surface area contributed by atoms with Crippen LogP contribution in [0.4, 0.5) is 4.79 Å². The van der Waals surface area contributed by atoms with Crippen molar-refractivity contribution in [2.45, 2.75) is 29.0 Å². The Morgan fingerprint density at radius 3 is 2.15 bits per heavy atom. The van der Waals surface area contributed by atoms with Crippen LogP contribution in [0.25, 0.3) is 22.0 Å². The second-order valence-corrected chi connectivity index (χ2v) is 16.7. The monoisotopic (exact) mass is 870 g/mol. The lowest BCUT2D eigenvalue weighted by Gasteiger charge is -2.17. The number of nitrogens with one attached hydrogen (secondary N) is 4. The number of benzene rings is 4. The van der Waals surface area contributed by atoms with E-state index in [0.29, 0.717) is 35.1 Å². The first kappa shape index (κ1) is 43.7. The van der Waals surface area contributed by atoms with Crippen molar-refractivity contribution in [2.24, 2.45) is 4.99 Å². The molecule has 0 aliphatic rings. The lowest BCUT2D eigenvalue weighted by atomic mass is 10.1. The predicted molar refractivity (Wildman–Crippen MR) is 222 cm³/mol. The number of carbonyl (C=O) groups excluding carboxylic acids is 3. The van der Waals surface area contributed by atoms with Gasteiger partial charge in [-0.05, 0) is 71.3 Å². The highest BCUT2D eigenvalue weighted by Crippen LogP contribution is 2.23. The van der Waals surface area contributed by atoms with Crippen molar-refractivity contribution < 1.29 is 45.9 Å². The van der Waals surface area contributed by atoms with Gasteiger partial charge in [-0.25, -0.2) is 26.4 Å². The Labute approximate surface area is 350 Å². The number of amides is 2. The molecule has 4 aromatic carbocycles. The maximum absolute atomic E-state index is 13.4. The van der Waals surface area contributed by atoms with Crippen LogP contribution < -0.4 is 25.6 Å². The number of hydrogen-bond donors (Lipinski definition) is 5. The lowest BCUT2D eigenvalue weighted by molar-refractivity contribution is -0.142. The maximum Gasteiger partial charge on any atom is 0.407 e. The SMILES string of the molecule is COC(=O)[C@H](CNC(=O)c1ccc2c(cnn2CCN=c2ccccn2O)c1)NS(=O)(=O)c1ccc(-c2ccc(S(=O)(=O)NCCNC(=O)OCc3ccccc3)cc2)cc1. The minimum atomic E-state index is -4.30. The van der Waals surface area contributed by atoms with Crippen LogP contribution in [0.15, 0.2) is 142 Å². The van der Waals surface area contributed by atoms with Gasteiger partial charge in [0.05, 0.1) is 41.7 Å². The molecule has 0 radical (unpaired) electrons. The minimum Gasteiger partial charge on any atom is -0.468 e. The van der Waals surface area contributed by atoms with Gasteiger partial charge in [0.2, 0.25) is 20.0 Å². The fourth-order valence-corrected chi connectivity index (χ4v) is 8.16. The van der Waals surface area contributed by atoms with E-state index in [1.165, 1.54) is 42.6 Å². The Morgan fingerprint density at radius 2 is 1.48 bits per heavy atom. The molecule has 0 bridgehead atoms. The fourth-order valence-electron chi connectivity index (χ4n) is 5.94. The Hall–Kier alpha value is -6.87. The number of methoxy groups -OCH3 is 1. The van der Waals surface area contributed by atoms with Crippen molar-refractivity contribution in [1.82, 2.24) is 34.6 Å². The zero-order valence-corrected chi connectivity index (χ0v) is 34.3. The van der Waals surface area contributed by atoms with Gasteiger partial charge in [-0.3, -0.25) is 19.3 Å². The quantitative estimate of drug-likeness (QED) is 0.0478. The topological polar surface area (TPSA) is 241 Å². The van der Waals surface area contributed by atoms with E-state index in [-0.39, 0.29) is 35.1 Å². The predicted octanol–water partition coefficient (Wildman–Crippen LogP) is 2.80. The number of pyridine rings is 1. The number of alkyl carbamates (subject to hydrolysis) is 1. The number of fused-ring (bicyclic) bond motifs is 1. The zero-order valence-electron chi connectivity index (χ0n) is 32.7. The second kappa shape index (κ2) is 19.9. The molecule has 1 atom stereocenters. The molecule has 0 saturated heterocycles. The van der Waals surface area contributed by atoms with Gasteiger partial charge in [-0.2, -0.15) is 14.6 Å². The minimum absolute atomic E-state index is 0.00253. The molecule has 0 unspecified atom stereocenters. The highest BCUT2D eigenvalue weighted by Gasteiger charge is 2.27. The molecule has 2 heterocycles. The van der Waals surface area contributed by atoms with E-state index in [4.69, 9.17) is 9.47 Å². The first-order chi connectivity index (χ1) is 29.3. The summed E-state index contributed by atoms with van der Waals surface area (Å²) in [5, 5.41) is 20.0. The van der Waals surface area contributed by atoms with Crippen LogP contribution in [-0.2, 0) is 47.5 Å². The summed E-state index contributed by atoms with van der Waals surface area (Å²) in [4.78, 5) is 41.9. The third kappa shape index (κ3) is 11.7. The van der Waals surface area contributed by atoms with Crippen LogP contribution in [0.5, 0.6) is 0 Å². The molecule has 0 saturated carbocycles. The summed E-state index contributed by atoms with van der Waals surface area (Å²) in [5.41, 5.74) is 3.36. The molecule has 0 aliphatic carbocycles. The van der Waals surface area contributed by atoms with Crippen molar-refractivity contribution in [3.63, 3.8) is 0 Å². The number of rotatable bonds is 18. The maximum atomic E-state index is 13.4. The number of hydrogen-bond acceptors (Lipinski definition) is 12. The highest BCUT2D eigenvalue weighted by molar-refractivity contribution is 7.89. The van der Waals surface area contributed by atoms with Gasteiger partial charge in [0, 0.05) is 36.8 Å². The summed E-state index contributed by atoms with van der Waals surface area (Å²) in [6.45, 7) is 0.312. The molecular weight excluding hydrogens is 829 g/mol. The van der Waals surface area contributed by atoms with E-state index in [1.54, 1.807) is 59.4 Å². The summed E-state index contributed by atoms with van der Waals surface area (Å²) in [6.07, 6.45) is 2.38. The molecule has 318 valence electrons. The molecule has 0 spiro atoms. The molecule has 18 nitrogen and oxygen atoms in total.